The molecule has 3 N–H and O–H groups in total. The Kier molecular flexibility index (Phi) is 4.56. The molecule has 0 aliphatic heterocycles. The zero-order valence-electron chi connectivity index (χ0n) is 12.5. The van der Waals surface area contributed by atoms with E-state index in [1.807, 2.05) is 0 Å². The molecule has 2 unspecified atom stereocenters. The van der Waals surface area contributed by atoms with Gasteiger partial charge in [-0.15, -0.1) is 0 Å². The number of para-hydroxylation sites is 1. The van der Waals surface area contributed by atoms with Gasteiger partial charge in [0.05, 0.1) is 0 Å². The summed E-state index contributed by atoms with van der Waals surface area (Å²) >= 11 is 0. The fourth-order valence-corrected chi connectivity index (χ4v) is 3.34. The number of anilines is 1. The van der Waals surface area contributed by atoms with E-state index in [4.69, 9.17) is 5.73 Å². The Hall–Kier alpha value is -1.80. The summed E-state index contributed by atoms with van der Waals surface area (Å²) in [5.41, 5.74) is 9.89. The number of hydrogen-bond acceptors (Lipinski definition) is 2. The summed E-state index contributed by atoms with van der Waals surface area (Å²) in [6.07, 6.45) is 4.76. The van der Waals surface area contributed by atoms with Gasteiger partial charge < -0.3 is 11.1 Å². The molecule has 2 aromatic carbocycles. The third kappa shape index (κ3) is 3.45. The number of nitrogens with two attached hydrogens (primary N) is 1. The van der Waals surface area contributed by atoms with Crippen molar-refractivity contribution < 1.29 is 0 Å². The van der Waals surface area contributed by atoms with Crippen LogP contribution >= 0.6 is 0 Å². The summed E-state index contributed by atoms with van der Waals surface area (Å²) in [4.78, 5) is 0. The first kappa shape index (κ1) is 14.2. The van der Waals surface area contributed by atoms with E-state index in [2.05, 4.69) is 59.9 Å². The number of hydrogen-bond donors (Lipinski definition) is 2. The molecule has 0 heterocycles. The van der Waals surface area contributed by atoms with Gasteiger partial charge in [0.2, 0.25) is 0 Å². The van der Waals surface area contributed by atoms with Crippen LogP contribution in [0, 0.1) is 5.92 Å². The maximum Gasteiger partial charge on any atom is 0.0378 e. The molecule has 0 radical (unpaired) electrons. The van der Waals surface area contributed by atoms with Crippen molar-refractivity contribution in [3.05, 3.63) is 65.7 Å². The van der Waals surface area contributed by atoms with Gasteiger partial charge in [0.25, 0.3) is 0 Å². The van der Waals surface area contributed by atoms with Crippen LogP contribution in [0.1, 0.15) is 30.4 Å². The van der Waals surface area contributed by atoms with Crippen molar-refractivity contribution in [3.8, 4) is 0 Å². The molecule has 1 aliphatic carbocycles. The number of nitrogens with one attached hydrogen (secondary N) is 1. The molecule has 2 nitrogen and oxygen atoms in total. The van der Waals surface area contributed by atoms with Crippen LogP contribution < -0.4 is 11.1 Å². The lowest BCUT2D eigenvalue weighted by Gasteiger charge is -2.22. The highest BCUT2D eigenvalue weighted by Gasteiger charge is 2.26. The van der Waals surface area contributed by atoms with Gasteiger partial charge in [-0.25, -0.2) is 0 Å². The van der Waals surface area contributed by atoms with Crippen LogP contribution in [0.25, 0.3) is 0 Å². The van der Waals surface area contributed by atoms with Crippen LogP contribution in [-0.2, 0) is 6.42 Å². The second-order valence-electron chi connectivity index (χ2n) is 6.00. The minimum Gasteiger partial charge on any atom is -0.382 e. The maximum atomic E-state index is 5.90. The molecule has 0 spiro atoms. The molecule has 3 rings (SSSR count). The van der Waals surface area contributed by atoms with Gasteiger partial charge in [-0.05, 0) is 48.9 Å². The highest BCUT2D eigenvalue weighted by Crippen LogP contribution is 2.29. The first-order valence-electron chi connectivity index (χ1n) is 7.95. The monoisotopic (exact) mass is 280 g/mol. The molecule has 0 amide bonds. The van der Waals surface area contributed by atoms with E-state index in [0.717, 1.165) is 13.0 Å². The minimum absolute atomic E-state index is 0.534. The predicted octanol–water partition coefficient (Wildman–Crippen LogP) is 3.82. The summed E-state index contributed by atoms with van der Waals surface area (Å²) in [6, 6.07) is 19.8. The zero-order valence-corrected chi connectivity index (χ0v) is 12.5. The first-order chi connectivity index (χ1) is 10.4. The van der Waals surface area contributed by atoms with Crippen molar-refractivity contribution in [2.45, 2.75) is 31.7 Å². The Morgan fingerprint density at radius 3 is 2.52 bits per heavy atom. The van der Waals surface area contributed by atoms with E-state index in [9.17, 15) is 0 Å². The van der Waals surface area contributed by atoms with Gasteiger partial charge in [-0.3, -0.25) is 0 Å². The third-order valence-electron chi connectivity index (χ3n) is 4.56. The van der Waals surface area contributed by atoms with Crippen molar-refractivity contribution >= 4 is 5.69 Å². The van der Waals surface area contributed by atoms with Gasteiger partial charge in [-0.2, -0.15) is 0 Å². The van der Waals surface area contributed by atoms with E-state index in [-0.39, 0.29) is 0 Å². The summed E-state index contributed by atoms with van der Waals surface area (Å²) in [7, 11) is 0. The van der Waals surface area contributed by atoms with Gasteiger partial charge in [0, 0.05) is 11.7 Å². The lowest BCUT2D eigenvalue weighted by molar-refractivity contribution is 0.516. The van der Waals surface area contributed by atoms with E-state index >= 15 is 0 Å². The number of rotatable bonds is 5. The van der Waals surface area contributed by atoms with Crippen LogP contribution in [-0.4, -0.2) is 12.6 Å². The highest BCUT2D eigenvalue weighted by molar-refractivity contribution is 5.53. The Labute approximate surface area is 127 Å². The van der Waals surface area contributed by atoms with Crippen molar-refractivity contribution in [2.75, 3.05) is 11.9 Å². The molecule has 21 heavy (non-hydrogen) atoms. The molecule has 110 valence electrons. The summed E-state index contributed by atoms with van der Waals surface area (Å²) < 4.78 is 0. The van der Waals surface area contributed by atoms with E-state index in [1.54, 1.807) is 0 Å². The Balaban J connectivity index is 1.76. The van der Waals surface area contributed by atoms with Gasteiger partial charge in [0.15, 0.2) is 0 Å². The van der Waals surface area contributed by atoms with E-state index < -0.39 is 0 Å². The summed E-state index contributed by atoms with van der Waals surface area (Å²) in [5.74, 6) is 0.620. The van der Waals surface area contributed by atoms with Crippen LogP contribution in [0.2, 0.25) is 0 Å². The molecule has 0 bridgehead atoms. The second-order valence-corrected chi connectivity index (χ2v) is 6.00. The molecule has 2 atom stereocenters. The topological polar surface area (TPSA) is 38.0 Å². The molecule has 2 aromatic rings. The Morgan fingerprint density at radius 1 is 0.952 bits per heavy atom. The molecular formula is C19H24N2. The van der Waals surface area contributed by atoms with Crippen molar-refractivity contribution in [2.24, 2.45) is 11.7 Å². The predicted molar refractivity (Wildman–Crippen MR) is 89.5 cm³/mol. The van der Waals surface area contributed by atoms with E-state index in [1.165, 1.54) is 36.1 Å². The molecule has 0 aromatic heterocycles. The molecule has 1 aliphatic rings. The second kappa shape index (κ2) is 6.77. The largest absolute Gasteiger partial charge is 0.382 e. The standard InChI is InChI=1S/C19H24N2/c20-14-17-10-6-12-19(17)21-18-11-5-4-9-16(18)13-15-7-2-1-3-8-15/h1-5,7-9,11,17,19,21H,6,10,12-14,20H2. The quantitative estimate of drug-likeness (QED) is 0.874. The SMILES string of the molecule is NCC1CCCC1Nc1ccccc1Cc1ccccc1. The lowest BCUT2D eigenvalue weighted by atomic mass is 10.0. The molecular weight excluding hydrogens is 256 g/mol. The Morgan fingerprint density at radius 2 is 1.71 bits per heavy atom. The fourth-order valence-electron chi connectivity index (χ4n) is 3.34. The van der Waals surface area contributed by atoms with Crippen molar-refractivity contribution in [1.82, 2.24) is 0 Å². The van der Waals surface area contributed by atoms with Crippen LogP contribution in [0.3, 0.4) is 0 Å². The summed E-state index contributed by atoms with van der Waals surface area (Å²) in [6.45, 7) is 0.790. The van der Waals surface area contributed by atoms with Gasteiger partial charge in [-0.1, -0.05) is 55.0 Å². The van der Waals surface area contributed by atoms with Crippen molar-refractivity contribution in [3.63, 3.8) is 0 Å². The minimum atomic E-state index is 0.534. The van der Waals surface area contributed by atoms with Gasteiger partial charge in [0.1, 0.15) is 0 Å². The first-order valence-corrected chi connectivity index (χ1v) is 7.95. The maximum absolute atomic E-state index is 5.90. The molecule has 0 saturated heterocycles. The van der Waals surface area contributed by atoms with Crippen LogP contribution in [0.5, 0.6) is 0 Å². The fraction of sp³-hybridized carbons (Fsp3) is 0.368. The molecule has 1 fully saturated rings. The third-order valence-corrected chi connectivity index (χ3v) is 4.56. The average molecular weight is 280 g/mol. The Bertz CT molecular complexity index is 565. The van der Waals surface area contributed by atoms with Crippen LogP contribution in [0.15, 0.2) is 54.6 Å². The van der Waals surface area contributed by atoms with Crippen molar-refractivity contribution in [1.29, 1.82) is 0 Å². The van der Waals surface area contributed by atoms with Gasteiger partial charge >= 0.3 is 0 Å². The molecule has 2 heteroatoms. The van der Waals surface area contributed by atoms with E-state index in [0.29, 0.717) is 12.0 Å². The van der Waals surface area contributed by atoms with Crippen LogP contribution in [0.4, 0.5) is 5.69 Å². The zero-order chi connectivity index (χ0) is 14.5. The highest BCUT2D eigenvalue weighted by atomic mass is 14.9. The lowest BCUT2D eigenvalue weighted by Crippen LogP contribution is -2.29. The molecule has 1 saturated carbocycles. The number of benzene rings is 2. The average Bonchev–Trinajstić information content (AvgIpc) is 2.97. The summed E-state index contributed by atoms with van der Waals surface area (Å²) in [5, 5.41) is 3.75. The smallest absolute Gasteiger partial charge is 0.0378 e. The normalized spacial score (nSPS) is 21.4.